The molecule has 142 valence electrons. The van der Waals surface area contributed by atoms with E-state index >= 15 is 0 Å². The normalized spacial score (nSPS) is 43.0. The van der Waals surface area contributed by atoms with Crippen molar-refractivity contribution in [2.45, 2.75) is 63.2 Å². The Morgan fingerprint density at radius 1 is 0.667 bits per heavy atom. The van der Waals surface area contributed by atoms with E-state index in [1.165, 1.54) is 56.1 Å². The molecule has 0 spiro atoms. The highest BCUT2D eigenvalue weighted by Crippen LogP contribution is 2.67. The second-order valence-corrected chi connectivity index (χ2v) is 9.71. The minimum Gasteiger partial charge on any atom is -0.393 e. The first-order chi connectivity index (χ1) is 13.3. The van der Waals surface area contributed by atoms with Crippen molar-refractivity contribution in [3.63, 3.8) is 0 Å². The van der Waals surface area contributed by atoms with Crippen LogP contribution in [0.2, 0.25) is 0 Å². The molecule has 0 bridgehead atoms. The molecule has 27 heavy (non-hydrogen) atoms. The van der Waals surface area contributed by atoms with Gasteiger partial charge in [0.15, 0.2) is 0 Å². The van der Waals surface area contributed by atoms with Crippen LogP contribution in [0, 0.1) is 35.5 Å². The Bertz CT molecular complexity index is 793. The van der Waals surface area contributed by atoms with Gasteiger partial charge in [0.1, 0.15) is 0 Å². The van der Waals surface area contributed by atoms with Gasteiger partial charge in [-0.15, -0.1) is 0 Å². The highest BCUT2D eigenvalue weighted by Gasteiger charge is 2.66. The Morgan fingerprint density at radius 2 is 1.30 bits per heavy atom. The zero-order valence-electron chi connectivity index (χ0n) is 15.8. The number of carbonyl (C=O) groups excluding carboxylic acids is 2. The zero-order valence-corrected chi connectivity index (χ0v) is 15.8. The van der Waals surface area contributed by atoms with E-state index in [1.807, 2.05) is 0 Å². The standard InChI is InChI=1S/C24H28O3/c25-23-21-17-12-6-11-16-18(13-7-2-1-3-8-13)14-9-4-5-10-15(14)20(19(16)17)22(21)24(26)27-23/h4-5,9-10,13,16-22H,1-3,6-8,11-12H2. The Balaban J connectivity index is 1.52. The van der Waals surface area contributed by atoms with Gasteiger partial charge in [-0.2, -0.15) is 0 Å². The number of fused-ring (bicyclic) bond motifs is 5. The largest absolute Gasteiger partial charge is 0.393 e. The van der Waals surface area contributed by atoms with Crippen molar-refractivity contribution in [1.82, 2.24) is 0 Å². The van der Waals surface area contributed by atoms with Crippen LogP contribution in [0.3, 0.4) is 0 Å². The summed E-state index contributed by atoms with van der Waals surface area (Å²) in [5.41, 5.74) is 2.88. The van der Waals surface area contributed by atoms with Gasteiger partial charge < -0.3 is 4.74 Å². The molecule has 0 amide bonds. The van der Waals surface area contributed by atoms with Crippen molar-refractivity contribution in [2.24, 2.45) is 35.5 Å². The van der Waals surface area contributed by atoms with Gasteiger partial charge in [-0.05, 0) is 66.4 Å². The molecule has 3 nitrogen and oxygen atoms in total. The maximum atomic E-state index is 12.7. The van der Waals surface area contributed by atoms with E-state index in [4.69, 9.17) is 4.74 Å². The fourth-order valence-electron chi connectivity index (χ4n) is 8.09. The second kappa shape index (κ2) is 5.93. The van der Waals surface area contributed by atoms with Crippen molar-refractivity contribution in [1.29, 1.82) is 0 Å². The molecule has 1 aromatic carbocycles. The van der Waals surface area contributed by atoms with Crippen molar-refractivity contribution in [2.75, 3.05) is 0 Å². The SMILES string of the molecule is O=C1OC(=O)C2C1C1CCCC3C(C4CCCCC4)c4ccccc4C2C13. The number of hydrogen-bond acceptors (Lipinski definition) is 3. The first-order valence-electron chi connectivity index (χ1n) is 11.1. The van der Waals surface area contributed by atoms with Crippen molar-refractivity contribution >= 4 is 11.9 Å². The van der Waals surface area contributed by atoms with E-state index in [9.17, 15) is 9.59 Å². The zero-order chi connectivity index (χ0) is 18.1. The molecule has 4 fully saturated rings. The summed E-state index contributed by atoms with van der Waals surface area (Å²) in [6, 6.07) is 8.91. The molecule has 5 aliphatic rings. The van der Waals surface area contributed by atoms with Gasteiger partial charge in [0, 0.05) is 5.92 Å². The molecular formula is C24H28O3. The van der Waals surface area contributed by atoms with E-state index in [0.29, 0.717) is 23.7 Å². The summed E-state index contributed by atoms with van der Waals surface area (Å²) >= 11 is 0. The van der Waals surface area contributed by atoms with Crippen LogP contribution < -0.4 is 0 Å². The lowest BCUT2D eigenvalue weighted by Gasteiger charge is -2.50. The summed E-state index contributed by atoms with van der Waals surface area (Å²) in [7, 11) is 0. The van der Waals surface area contributed by atoms with Crippen molar-refractivity contribution in [3.05, 3.63) is 35.4 Å². The van der Waals surface area contributed by atoms with Crippen LogP contribution in [0.25, 0.3) is 0 Å². The van der Waals surface area contributed by atoms with Crippen LogP contribution in [-0.4, -0.2) is 11.9 Å². The van der Waals surface area contributed by atoms with Crippen LogP contribution in [0.5, 0.6) is 0 Å². The Hall–Kier alpha value is -1.64. The second-order valence-electron chi connectivity index (χ2n) is 9.71. The molecule has 1 aromatic rings. The lowest BCUT2D eigenvalue weighted by Crippen LogP contribution is -2.41. The van der Waals surface area contributed by atoms with Gasteiger partial charge in [0.2, 0.25) is 0 Å². The Kier molecular flexibility index (Phi) is 3.58. The molecule has 4 aliphatic carbocycles. The minimum atomic E-state index is -0.242. The van der Waals surface area contributed by atoms with Crippen LogP contribution >= 0.6 is 0 Å². The first kappa shape index (κ1) is 16.3. The quantitative estimate of drug-likeness (QED) is 0.530. The summed E-state index contributed by atoms with van der Waals surface area (Å²) in [6.45, 7) is 0. The molecule has 3 heteroatoms. The molecule has 1 saturated heterocycles. The molecule has 7 atom stereocenters. The highest BCUT2D eigenvalue weighted by atomic mass is 16.6. The minimum absolute atomic E-state index is 0.173. The first-order valence-corrected chi connectivity index (χ1v) is 11.1. The lowest BCUT2D eigenvalue weighted by atomic mass is 9.54. The molecular weight excluding hydrogens is 336 g/mol. The molecule has 3 saturated carbocycles. The third-order valence-electron chi connectivity index (χ3n) is 8.79. The summed E-state index contributed by atoms with van der Waals surface area (Å²) in [6.07, 6.45) is 10.4. The smallest absolute Gasteiger partial charge is 0.318 e. The number of carbonyl (C=O) groups is 2. The number of benzene rings is 1. The molecule has 7 unspecified atom stereocenters. The average molecular weight is 364 g/mol. The van der Waals surface area contributed by atoms with Crippen LogP contribution in [-0.2, 0) is 14.3 Å². The molecule has 1 heterocycles. The van der Waals surface area contributed by atoms with Crippen molar-refractivity contribution < 1.29 is 14.3 Å². The predicted molar refractivity (Wildman–Crippen MR) is 101 cm³/mol. The molecule has 0 aromatic heterocycles. The van der Waals surface area contributed by atoms with Gasteiger partial charge in [-0.1, -0.05) is 49.9 Å². The maximum absolute atomic E-state index is 12.7. The third kappa shape index (κ3) is 2.14. The number of esters is 2. The fourth-order valence-corrected chi connectivity index (χ4v) is 8.09. The van der Waals surface area contributed by atoms with E-state index < -0.39 is 0 Å². The Morgan fingerprint density at radius 3 is 2.04 bits per heavy atom. The monoisotopic (exact) mass is 364 g/mol. The lowest BCUT2D eigenvalue weighted by molar-refractivity contribution is -0.155. The summed E-state index contributed by atoms with van der Waals surface area (Å²) in [4.78, 5) is 25.2. The molecule has 0 N–H and O–H groups in total. The maximum Gasteiger partial charge on any atom is 0.318 e. The fraction of sp³-hybridized carbons (Fsp3) is 0.667. The van der Waals surface area contributed by atoms with Crippen LogP contribution in [0.4, 0.5) is 0 Å². The number of ether oxygens (including phenoxy) is 1. The topological polar surface area (TPSA) is 43.4 Å². The molecule has 0 radical (unpaired) electrons. The number of rotatable bonds is 1. The van der Waals surface area contributed by atoms with Crippen molar-refractivity contribution in [3.8, 4) is 0 Å². The summed E-state index contributed by atoms with van der Waals surface area (Å²) in [5.74, 6) is 2.28. The number of cyclic esters (lactones) is 2. The summed E-state index contributed by atoms with van der Waals surface area (Å²) in [5, 5.41) is 0. The highest BCUT2D eigenvalue weighted by molar-refractivity contribution is 5.98. The molecule has 6 rings (SSSR count). The van der Waals surface area contributed by atoms with Crippen LogP contribution in [0.15, 0.2) is 24.3 Å². The van der Waals surface area contributed by atoms with Gasteiger partial charge in [-0.3, -0.25) is 9.59 Å². The van der Waals surface area contributed by atoms with Gasteiger partial charge in [-0.25, -0.2) is 0 Å². The number of hydrogen-bond donors (Lipinski definition) is 0. The van der Waals surface area contributed by atoms with E-state index in [-0.39, 0.29) is 29.7 Å². The predicted octanol–water partition coefficient (Wildman–Crippen LogP) is 4.81. The average Bonchev–Trinajstić information content (AvgIpc) is 3.20. The van der Waals surface area contributed by atoms with E-state index in [2.05, 4.69) is 24.3 Å². The Labute approximate surface area is 160 Å². The van der Waals surface area contributed by atoms with Gasteiger partial charge >= 0.3 is 11.9 Å². The third-order valence-corrected chi connectivity index (χ3v) is 8.79. The van der Waals surface area contributed by atoms with Crippen LogP contribution in [0.1, 0.15) is 74.3 Å². The van der Waals surface area contributed by atoms with Gasteiger partial charge in [0.25, 0.3) is 0 Å². The van der Waals surface area contributed by atoms with Gasteiger partial charge in [0.05, 0.1) is 11.8 Å². The molecule has 1 aliphatic heterocycles. The van der Waals surface area contributed by atoms with E-state index in [0.717, 1.165) is 12.3 Å². The van der Waals surface area contributed by atoms with E-state index in [1.54, 1.807) is 0 Å². The summed E-state index contributed by atoms with van der Waals surface area (Å²) < 4.78 is 5.15.